The zero-order valence-electron chi connectivity index (χ0n) is 18.7. The number of piperidine rings is 1. The Morgan fingerprint density at radius 3 is 2.66 bits per heavy atom. The second-order valence-corrected chi connectivity index (χ2v) is 8.25. The molecule has 0 aromatic heterocycles. The van der Waals surface area contributed by atoms with Crippen LogP contribution < -0.4 is 9.47 Å². The van der Waals surface area contributed by atoms with E-state index in [2.05, 4.69) is 4.90 Å². The summed E-state index contributed by atoms with van der Waals surface area (Å²) in [5.41, 5.74) is 1.97. The first-order chi connectivity index (χ1) is 15.6. The van der Waals surface area contributed by atoms with Gasteiger partial charge in [0.05, 0.1) is 20.8 Å². The molecule has 0 N–H and O–H groups in total. The Morgan fingerprint density at radius 1 is 1.06 bits per heavy atom. The van der Waals surface area contributed by atoms with Crippen molar-refractivity contribution >= 4 is 11.9 Å². The first kappa shape index (κ1) is 22.1. The van der Waals surface area contributed by atoms with Crippen molar-refractivity contribution in [3.05, 3.63) is 59.7 Å². The Morgan fingerprint density at radius 2 is 1.84 bits per heavy atom. The molecule has 2 aliphatic heterocycles. The third-order valence-corrected chi connectivity index (χ3v) is 6.20. The number of esters is 1. The molecule has 1 saturated heterocycles. The minimum absolute atomic E-state index is 0.0572. The number of amides is 1. The van der Waals surface area contributed by atoms with Crippen LogP contribution in [0.2, 0.25) is 0 Å². The molecule has 4 rings (SSSR count). The standard InChI is InChI=1S/C25H30N2O5/c1-30-22-13-6-4-10-19(22)23-16-26(15-18-9-3-5-12-21(18)32-23)17-24(28)27-14-8-7-11-20(27)25(29)31-2/h3-6,9-10,12-13,20,23H,7-8,11,14-17H2,1-2H3/t20-,23-/m1/s1. The van der Waals surface area contributed by atoms with E-state index in [1.54, 1.807) is 12.0 Å². The van der Waals surface area contributed by atoms with E-state index in [4.69, 9.17) is 14.2 Å². The molecular weight excluding hydrogens is 408 g/mol. The summed E-state index contributed by atoms with van der Waals surface area (Å²) >= 11 is 0. The number of likely N-dealkylation sites (tertiary alicyclic amines) is 1. The molecule has 7 nitrogen and oxygen atoms in total. The Bertz CT molecular complexity index is 963. The minimum atomic E-state index is -0.498. The predicted molar refractivity (Wildman–Crippen MR) is 119 cm³/mol. The lowest BCUT2D eigenvalue weighted by Crippen LogP contribution is -2.51. The van der Waals surface area contributed by atoms with Crippen molar-refractivity contribution in [2.45, 2.75) is 38.0 Å². The molecule has 2 atom stereocenters. The third-order valence-electron chi connectivity index (χ3n) is 6.20. The number of benzene rings is 2. The summed E-state index contributed by atoms with van der Waals surface area (Å²) in [4.78, 5) is 29.3. The first-order valence-electron chi connectivity index (χ1n) is 11.1. The molecule has 32 heavy (non-hydrogen) atoms. The van der Waals surface area contributed by atoms with Gasteiger partial charge < -0.3 is 19.1 Å². The van der Waals surface area contributed by atoms with Crippen LogP contribution in [0.1, 0.15) is 36.5 Å². The molecular formula is C25H30N2O5. The van der Waals surface area contributed by atoms with E-state index in [0.717, 1.165) is 35.5 Å². The van der Waals surface area contributed by atoms with Gasteiger partial charge in [0.15, 0.2) is 0 Å². The van der Waals surface area contributed by atoms with Crippen LogP contribution in [0.3, 0.4) is 0 Å². The van der Waals surface area contributed by atoms with Gasteiger partial charge in [0.2, 0.25) is 5.91 Å². The summed E-state index contributed by atoms with van der Waals surface area (Å²) in [7, 11) is 3.02. The largest absolute Gasteiger partial charge is 0.496 e. The quantitative estimate of drug-likeness (QED) is 0.668. The fourth-order valence-electron chi connectivity index (χ4n) is 4.59. The number of carbonyl (C=O) groups excluding carboxylic acids is 2. The lowest BCUT2D eigenvalue weighted by Gasteiger charge is -2.35. The van der Waals surface area contributed by atoms with Crippen LogP contribution in [0.15, 0.2) is 48.5 Å². The van der Waals surface area contributed by atoms with Crippen molar-refractivity contribution in [3.8, 4) is 11.5 Å². The summed E-state index contributed by atoms with van der Waals surface area (Å²) < 4.78 is 16.9. The topological polar surface area (TPSA) is 68.3 Å². The smallest absolute Gasteiger partial charge is 0.328 e. The van der Waals surface area contributed by atoms with Gasteiger partial charge in [0.25, 0.3) is 0 Å². The lowest BCUT2D eigenvalue weighted by molar-refractivity contribution is -0.155. The fraction of sp³-hybridized carbons (Fsp3) is 0.440. The molecule has 0 aliphatic carbocycles. The van der Waals surface area contributed by atoms with E-state index in [9.17, 15) is 9.59 Å². The van der Waals surface area contributed by atoms with Crippen molar-refractivity contribution in [2.24, 2.45) is 0 Å². The zero-order valence-corrected chi connectivity index (χ0v) is 18.7. The Hall–Kier alpha value is -3.06. The third kappa shape index (κ3) is 4.72. The molecule has 0 bridgehead atoms. The van der Waals surface area contributed by atoms with Crippen LogP contribution in [0, 0.1) is 0 Å². The highest BCUT2D eigenvalue weighted by Gasteiger charge is 2.34. The normalized spacial score (nSPS) is 21.1. The fourth-order valence-corrected chi connectivity index (χ4v) is 4.59. The molecule has 2 aliphatic rings. The Balaban J connectivity index is 1.58. The van der Waals surface area contributed by atoms with Crippen LogP contribution in [-0.2, 0) is 20.9 Å². The van der Waals surface area contributed by atoms with E-state index in [1.165, 1.54) is 7.11 Å². The number of para-hydroxylation sites is 2. The van der Waals surface area contributed by atoms with E-state index >= 15 is 0 Å². The lowest BCUT2D eigenvalue weighted by atomic mass is 10.0. The van der Waals surface area contributed by atoms with E-state index in [-0.39, 0.29) is 24.5 Å². The van der Waals surface area contributed by atoms with Gasteiger partial charge in [-0.25, -0.2) is 4.79 Å². The van der Waals surface area contributed by atoms with Gasteiger partial charge in [-0.05, 0) is 31.4 Å². The van der Waals surface area contributed by atoms with Crippen molar-refractivity contribution in [1.29, 1.82) is 0 Å². The Kier molecular flexibility index (Phi) is 6.95. The molecule has 1 fully saturated rings. The highest BCUT2D eigenvalue weighted by molar-refractivity contribution is 5.85. The van der Waals surface area contributed by atoms with Gasteiger partial charge in [-0.15, -0.1) is 0 Å². The zero-order chi connectivity index (χ0) is 22.5. The molecule has 2 aromatic rings. The number of hydrogen-bond acceptors (Lipinski definition) is 6. The average Bonchev–Trinajstić information content (AvgIpc) is 3.02. The van der Waals surface area contributed by atoms with Gasteiger partial charge in [-0.1, -0.05) is 36.4 Å². The molecule has 170 valence electrons. The number of rotatable bonds is 5. The van der Waals surface area contributed by atoms with E-state index < -0.39 is 6.04 Å². The van der Waals surface area contributed by atoms with Crippen LogP contribution in [-0.4, -0.2) is 61.6 Å². The highest BCUT2D eigenvalue weighted by atomic mass is 16.5. The molecule has 0 radical (unpaired) electrons. The monoisotopic (exact) mass is 438 g/mol. The van der Waals surface area contributed by atoms with E-state index in [0.29, 0.717) is 26.1 Å². The average molecular weight is 439 g/mol. The SMILES string of the molecule is COC(=O)[C@H]1CCCCN1C(=O)CN1Cc2ccccc2O[C@@H](c2ccccc2OC)C1. The van der Waals surface area contributed by atoms with Crippen molar-refractivity contribution in [3.63, 3.8) is 0 Å². The van der Waals surface area contributed by atoms with Crippen molar-refractivity contribution in [1.82, 2.24) is 9.80 Å². The van der Waals surface area contributed by atoms with Crippen LogP contribution in [0.25, 0.3) is 0 Å². The predicted octanol–water partition coefficient (Wildman–Crippen LogP) is 3.19. The summed E-state index contributed by atoms with van der Waals surface area (Å²) in [5, 5.41) is 0. The van der Waals surface area contributed by atoms with Gasteiger partial charge in [-0.2, -0.15) is 0 Å². The maximum absolute atomic E-state index is 13.3. The molecule has 2 heterocycles. The maximum atomic E-state index is 13.3. The molecule has 2 aromatic carbocycles. The maximum Gasteiger partial charge on any atom is 0.328 e. The number of fused-ring (bicyclic) bond motifs is 1. The molecule has 1 amide bonds. The van der Waals surface area contributed by atoms with Crippen molar-refractivity contribution < 1.29 is 23.8 Å². The molecule has 0 spiro atoms. The summed E-state index contributed by atoms with van der Waals surface area (Å²) in [6.07, 6.45) is 2.17. The summed E-state index contributed by atoms with van der Waals surface area (Å²) in [6, 6.07) is 15.2. The van der Waals surface area contributed by atoms with Gasteiger partial charge in [0.1, 0.15) is 23.6 Å². The summed E-state index contributed by atoms with van der Waals surface area (Å²) in [5.74, 6) is 1.17. The van der Waals surface area contributed by atoms with Crippen LogP contribution in [0.4, 0.5) is 0 Å². The second-order valence-electron chi connectivity index (χ2n) is 8.25. The number of ether oxygens (including phenoxy) is 3. The minimum Gasteiger partial charge on any atom is -0.496 e. The molecule has 7 heteroatoms. The molecule has 0 saturated carbocycles. The Labute approximate surface area is 188 Å². The summed E-state index contributed by atoms with van der Waals surface area (Å²) in [6.45, 7) is 1.90. The van der Waals surface area contributed by atoms with E-state index in [1.807, 2.05) is 48.5 Å². The van der Waals surface area contributed by atoms with Gasteiger partial charge in [-0.3, -0.25) is 9.69 Å². The molecule has 0 unspecified atom stereocenters. The number of nitrogens with zero attached hydrogens (tertiary/aromatic N) is 2. The van der Waals surface area contributed by atoms with Gasteiger partial charge >= 0.3 is 5.97 Å². The van der Waals surface area contributed by atoms with Gasteiger partial charge in [0, 0.05) is 30.8 Å². The van der Waals surface area contributed by atoms with Crippen molar-refractivity contribution in [2.75, 3.05) is 33.9 Å². The number of methoxy groups -OCH3 is 2. The van der Waals surface area contributed by atoms with Crippen LogP contribution >= 0.6 is 0 Å². The first-order valence-corrected chi connectivity index (χ1v) is 11.1. The van der Waals surface area contributed by atoms with Crippen LogP contribution in [0.5, 0.6) is 11.5 Å². The second kappa shape index (κ2) is 10.0. The number of hydrogen-bond donors (Lipinski definition) is 0. The highest BCUT2D eigenvalue weighted by Crippen LogP contribution is 2.34. The number of carbonyl (C=O) groups is 2.